The van der Waals surface area contributed by atoms with Crippen molar-refractivity contribution < 1.29 is 9.21 Å². The van der Waals surface area contributed by atoms with E-state index in [1.165, 1.54) is 4.90 Å². The minimum absolute atomic E-state index is 0.0213. The van der Waals surface area contributed by atoms with Gasteiger partial charge in [-0.15, -0.1) is 0 Å². The third kappa shape index (κ3) is 7.65. The predicted molar refractivity (Wildman–Crippen MR) is 87.8 cm³/mol. The number of hydrogen-bond acceptors (Lipinski definition) is 4. The van der Waals surface area contributed by atoms with E-state index in [4.69, 9.17) is 4.42 Å². The highest BCUT2D eigenvalue weighted by molar-refractivity contribution is 7.98. The summed E-state index contributed by atoms with van der Waals surface area (Å²) in [5.41, 5.74) is 0. The van der Waals surface area contributed by atoms with Crippen LogP contribution >= 0.6 is 11.8 Å². The average Bonchev–Trinajstić information content (AvgIpc) is 2.97. The third-order valence-electron chi connectivity index (χ3n) is 2.71. The van der Waals surface area contributed by atoms with E-state index in [2.05, 4.69) is 21.9 Å². The monoisotopic (exact) mass is 312 g/mol. The molecule has 118 valence electrons. The van der Waals surface area contributed by atoms with Crippen LogP contribution in [0.5, 0.6) is 0 Å². The van der Waals surface area contributed by atoms with Crippen molar-refractivity contribution in [1.82, 2.24) is 15.5 Å². The zero-order valence-electron chi connectivity index (χ0n) is 12.9. The van der Waals surface area contributed by atoms with Gasteiger partial charge in [-0.2, -0.15) is 11.8 Å². The van der Waals surface area contributed by atoms with Crippen molar-refractivity contribution in [2.75, 3.05) is 45.7 Å². The quantitative estimate of drug-likeness (QED) is 0.422. The molecule has 1 heterocycles. The molecule has 0 atom stereocenters. The Balaban J connectivity index is 2.42. The van der Waals surface area contributed by atoms with Gasteiger partial charge in [0.1, 0.15) is 12.3 Å². The molecule has 0 aliphatic rings. The molecule has 0 aliphatic heterocycles. The fourth-order valence-corrected chi connectivity index (χ4v) is 1.80. The molecule has 0 aromatic carbocycles. The maximum Gasteiger partial charge on any atom is 0.243 e. The molecule has 0 aliphatic carbocycles. The summed E-state index contributed by atoms with van der Waals surface area (Å²) in [7, 11) is 3.45. The number of hydrogen-bond donors (Lipinski definition) is 2. The zero-order valence-corrected chi connectivity index (χ0v) is 13.7. The summed E-state index contributed by atoms with van der Waals surface area (Å²) in [6, 6.07) is 3.81. The Morgan fingerprint density at radius 2 is 2.14 bits per heavy atom. The van der Waals surface area contributed by atoms with Crippen molar-refractivity contribution in [2.45, 2.75) is 6.42 Å². The minimum atomic E-state index is -0.0213. The molecular formula is C14H24N4O2S. The molecule has 1 aromatic heterocycles. The first-order valence-electron chi connectivity index (χ1n) is 6.87. The molecule has 1 rings (SSSR count). The third-order valence-corrected chi connectivity index (χ3v) is 3.33. The van der Waals surface area contributed by atoms with Gasteiger partial charge in [-0.1, -0.05) is 0 Å². The molecule has 0 bridgehead atoms. The van der Waals surface area contributed by atoms with Crippen LogP contribution in [0.4, 0.5) is 0 Å². The van der Waals surface area contributed by atoms with Crippen LogP contribution in [0.2, 0.25) is 0 Å². The number of carbonyl (C=O) groups is 1. The van der Waals surface area contributed by atoms with Gasteiger partial charge < -0.3 is 20.0 Å². The molecule has 0 saturated heterocycles. The number of guanidine groups is 1. The van der Waals surface area contributed by atoms with Crippen molar-refractivity contribution in [1.29, 1.82) is 0 Å². The molecule has 0 spiro atoms. The van der Waals surface area contributed by atoms with Gasteiger partial charge >= 0.3 is 0 Å². The van der Waals surface area contributed by atoms with Crippen LogP contribution in [0.15, 0.2) is 27.8 Å². The van der Waals surface area contributed by atoms with Gasteiger partial charge in [-0.3, -0.25) is 4.79 Å². The highest BCUT2D eigenvalue weighted by atomic mass is 32.2. The van der Waals surface area contributed by atoms with E-state index in [9.17, 15) is 4.79 Å². The average molecular weight is 312 g/mol. The van der Waals surface area contributed by atoms with Crippen LogP contribution < -0.4 is 10.6 Å². The summed E-state index contributed by atoms with van der Waals surface area (Å²) in [5, 5.41) is 6.42. The molecule has 0 radical (unpaired) electrons. The van der Waals surface area contributed by atoms with Crippen LogP contribution in [-0.2, 0) is 11.2 Å². The lowest BCUT2D eigenvalue weighted by Gasteiger charge is -2.13. The minimum Gasteiger partial charge on any atom is -0.469 e. The van der Waals surface area contributed by atoms with Gasteiger partial charge in [0.05, 0.1) is 6.26 Å². The second kappa shape index (κ2) is 10.1. The molecule has 6 nitrogen and oxygen atoms in total. The number of furan rings is 1. The van der Waals surface area contributed by atoms with E-state index < -0.39 is 0 Å². The Labute approximate surface area is 130 Å². The van der Waals surface area contributed by atoms with Crippen molar-refractivity contribution >= 4 is 23.6 Å². The van der Waals surface area contributed by atoms with Crippen molar-refractivity contribution in [3.05, 3.63) is 24.2 Å². The summed E-state index contributed by atoms with van der Waals surface area (Å²) in [6.45, 7) is 1.65. The Morgan fingerprint density at radius 1 is 1.38 bits per heavy atom. The van der Waals surface area contributed by atoms with Gasteiger partial charge in [-0.25, -0.2) is 4.99 Å². The SMILES string of the molecule is CSCCNC(=NCC(=O)N(C)C)NCCc1ccco1. The largest absolute Gasteiger partial charge is 0.469 e. The first kappa shape index (κ1) is 17.4. The summed E-state index contributed by atoms with van der Waals surface area (Å²) >= 11 is 1.76. The fraction of sp³-hybridized carbons (Fsp3) is 0.571. The summed E-state index contributed by atoms with van der Waals surface area (Å²) < 4.78 is 5.28. The highest BCUT2D eigenvalue weighted by Crippen LogP contribution is 1.99. The molecule has 1 aromatic rings. The number of rotatable bonds is 8. The normalized spacial score (nSPS) is 11.3. The molecular weight excluding hydrogens is 288 g/mol. The lowest BCUT2D eigenvalue weighted by Crippen LogP contribution is -2.40. The van der Waals surface area contributed by atoms with Crippen molar-refractivity contribution in [2.24, 2.45) is 4.99 Å². The van der Waals surface area contributed by atoms with Gasteiger partial charge in [0.15, 0.2) is 5.96 Å². The van der Waals surface area contributed by atoms with Gasteiger partial charge in [0.2, 0.25) is 5.91 Å². The number of nitrogens with one attached hydrogen (secondary N) is 2. The molecule has 7 heteroatoms. The van der Waals surface area contributed by atoms with E-state index in [1.54, 1.807) is 32.1 Å². The van der Waals surface area contributed by atoms with Gasteiger partial charge in [-0.05, 0) is 18.4 Å². The van der Waals surface area contributed by atoms with Gasteiger partial charge in [0, 0.05) is 39.4 Å². The Hall–Kier alpha value is -1.63. The highest BCUT2D eigenvalue weighted by Gasteiger charge is 2.04. The smallest absolute Gasteiger partial charge is 0.243 e. The van der Waals surface area contributed by atoms with Crippen molar-refractivity contribution in [3.63, 3.8) is 0 Å². The maximum absolute atomic E-state index is 11.6. The first-order chi connectivity index (χ1) is 10.1. The summed E-state index contributed by atoms with van der Waals surface area (Å²) in [4.78, 5) is 17.4. The lowest BCUT2D eigenvalue weighted by molar-refractivity contribution is -0.127. The topological polar surface area (TPSA) is 69.9 Å². The fourth-order valence-electron chi connectivity index (χ4n) is 1.49. The van der Waals surface area contributed by atoms with Crippen LogP contribution in [0.1, 0.15) is 5.76 Å². The Morgan fingerprint density at radius 3 is 2.76 bits per heavy atom. The second-order valence-corrected chi connectivity index (χ2v) is 5.61. The van der Waals surface area contributed by atoms with Crippen LogP contribution in [-0.4, -0.2) is 62.5 Å². The lowest BCUT2D eigenvalue weighted by atomic mass is 10.3. The van der Waals surface area contributed by atoms with E-state index >= 15 is 0 Å². The molecule has 0 fully saturated rings. The van der Waals surface area contributed by atoms with E-state index in [0.717, 1.165) is 24.5 Å². The molecule has 21 heavy (non-hydrogen) atoms. The van der Waals surface area contributed by atoms with E-state index in [-0.39, 0.29) is 12.5 Å². The number of nitrogens with zero attached hydrogens (tertiary/aromatic N) is 2. The number of amides is 1. The van der Waals surface area contributed by atoms with Gasteiger partial charge in [0.25, 0.3) is 0 Å². The van der Waals surface area contributed by atoms with Crippen LogP contribution in [0.25, 0.3) is 0 Å². The summed E-state index contributed by atoms with van der Waals surface area (Å²) in [5.74, 6) is 2.55. The van der Waals surface area contributed by atoms with E-state index in [0.29, 0.717) is 12.5 Å². The maximum atomic E-state index is 11.6. The summed E-state index contributed by atoms with van der Waals surface area (Å²) in [6.07, 6.45) is 4.49. The molecule has 0 unspecified atom stereocenters. The number of likely N-dealkylation sites (N-methyl/N-ethyl adjacent to an activating group) is 1. The Bertz CT molecular complexity index is 432. The van der Waals surface area contributed by atoms with Crippen LogP contribution in [0.3, 0.4) is 0 Å². The zero-order chi connectivity index (χ0) is 15.5. The first-order valence-corrected chi connectivity index (χ1v) is 8.26. The van der Waals surface area contributed by atoms with Crippen molar-refractivity contribution in [3.8, 4) is 0 Å². The number of carbonyl (C=O) groups excluding carboxylic acids is 1. The standard InChI is InChI=1S/C14H24N4O2S/c1-18(2)13(19)11-17-14(16-8-10-21-3)15-7-6-12-5-4-9-20-12/h4-5,9H,6-8,10-11H2,1-3H3,(H2,15,16,17). The second-order valence-electron chi connectivity index (χ2n) is 4.63. The number of thioether (sulfide) groups is 1. The molecule has 0 saturated carbocycles. The predicted octanol–water partition coefficient (Wildman–Crippen LogP) is 0.809. The molecule has 1 amide bonds. The van der Waals surface area contributed by atoms with Crippen LogP contribution in [0, 0.1) is 0 Å². The number of aliphatic imine (C=N–C) groups is 1. The van der Waals surface area contributed by atoms with E-state index in [1.807, 2.05) is 12.1 Å². The Kier molecular flexibility index (Phi) is 8.42. The molecule has 2 N–H and O–H groups in total.